The summed E-state index contributed by atoms with van der Waals surface area (Å²) in [4.78, 5) is 7.75. The Hall–Kier alpha value is -1.88. The van der Waals surface area contributed by atoms with Crippen molar-refractivity contribution in [2.75, 3.05) is 11.1 Å². The number of benzene rings is 1. The van der Waals surface area contributed by atoms with Gasteiger partial charge in [0, 0.05) is 12.7 Å². The van der Waals surface area contributed by atoms with E-state index < -0.39 is 5.82 Å². The molecule has 88 valence electrons. The van der Waals surface area contributed by atoms with Crippen molar-refractivity contribution in [2.45, 2.75) is 6.54 Å². The van der Waals surface area contributed by atoms with Crippen LogP contribution in [-0.4, -0.2) is 9.97 Å². The molecule has 1 aromatic carbocycles. The Balaban J connectivity index is 2.05. The number of nitrogen functional groups attached to an aromatic ring is 1. The lowest BCUT2D eigenvalue weighted by molar-refractivity contribution is 0.627. The fraction of sp³-hybridized carbons (Fsp3) is 0.0909. The first-order chi connectivity index (χ1) is 8.15. The van der Waals surface area contributed by atoms with Crippen molar-refractivity contribution in [3.63, 3.8) is 0 Å². The summed E-state index contributed by atoms with van der Waals surface area (Å²) in [7, 11) is 0. The number of nitrogens with two attached hydrogens (primary N) is 1. The standard InChI is InChI=1S/C11H10ClFN4/c12-8-5-7(1-2-9(8)13)6-16-10-3-4-15-11(14)17-10/h1-5H,6H2,(H3,14,15,16,17). The molecule has 1 aromatic heterocycles. The van der Waals surface area contributed by atoms with Gasteiger partial charge >= 0.3 is 0 Å². The number of hydrogen-bond acceptors (Lipinski definition) is 4. The maximum absolute atomic E-state index is 12.9. The van der Waals surface area contributed by atoms with Crippen LogP contribution in [0.15, 0.2) is 30.5 Å². The van der Waals surface area contributed by atoms with Gasteiger partial charge in [-0.15, -0.1) is 0 Å². The monoisotopic (exact) mass is 252 g/mol. The highest BCUT2D eigenvalue weighted by atomic mass is 35.5. The predicted octanol–water partition coefficient (Wildman–Crippen LogP) is 2.46. The van der Waals surface area contributed by atoms with E-state index in [1.54, 1.807) is 24.4 Å². The molecular formula is C11H10ClFN4. The number of nitrogens with zero attached hydrogens (tertiary/aromatic N) is 2. The van der Waals surface area contributed by atoms with Crippen LogP contribution in [0, 0.1) is 5.82 Å². The number of rotatable bonds is 3. The Morgan fingerprint density at radius 2 is 2.18 bits per heavy atom. The highest BCUT2D eigenvalue weighted by molar-refractivity contribution is 6.30. The van der Waals surface area contributed by atoms with E-state index in [0.717, 1.165) is 5.56 Å². The molecule has 0 aliphatic carbocycles. The van der Waals surface area contributed by atoms with Crippen molar-refractivity contribution < 1.29 is 4.39 Å². The van der Waals surface area contributed by atoms with Crippen molar-refractivity contribution in [3.05, 3.63) is 46.9 Å². The molecule has 17 heavy (non-hydrogen) atoms. The van der Waals surface area contributed by atoms with Crippen LogP contribution in [0.4, 0.5) is 16.2 Å². The van der Waals surface area contributed by atoms with Gasteiger partial charge in [0.25, 0.3) is 0 Å². The molecule has 0 saturated carbocycles. The van der Waals surface area contributed by atoms with Crippen molar-refractivity contribution in [2.24, 2.45) is 0 Å². The third-order valence-electron chi connectivity index (χ3n) is 2.13. The second kappa shape index (κ2) is 4.97. The molecule has 0 spiro atoms. The topological polar surface area (TPSA) is 63.8 Å². The van der Waals surface area contributed by atoms with E-state index in [-0.39, 0.29) is 11.0 Å². The van der Waals surface area contributed by atoms with E-state index >= 15 is 0 Å². The van der Waals surface area contributed by atoms with E-state index in [1.165, 1.54) is 6.07 Å². The maximum atomic E-state index is 12.9. The summed E-state index contributed by atoms with van der Waals surface area (Å²) in [5.74, 6) is 0.381. The minimum absolute atomic E-state index is 0.103. The lowest BCUT2D eigenvalue weighted by Crippen LogP contribution is -2.03. The fourth-order valence-electron chi connectivity index (χ4n) is 1.31. The van der Waals surface area contributed by atoms with Gasteiger partial charge in [-0.1, -0.05) is 17.7 Å². The molecule has 0 fully saturated rings. The zero-order valence-electron chi connectivity index (χ0n) is 8.82. The third-order valence-corrected chi connectivity index (χ3v) is 2.42. The number of halogens is 2. The molecular weight excluding hydrogens is 243 g/mol. The van der Waals surface area contributed by atoms with Crippen LogP contribution in [-0.2, 0) is 6.54 Å². The first-order valence-corrected chi connectivity index (χ1v) is 5.29. The average Bonchev–Trinajstić information content (AvgIpc) is 2.31. The zero-order chi connectivity index (χ0) is 12.3. The fourth-order valence-corrected chi connectivity index (χ4v) is 1.52. The lowest BCUT2D eigenvalue weighted by Gasteiger charge is -2.06. The van der Waals surface area contributed by atoms with Crippen molar-refractivity contribution in [1.29, 1.82) is 0 Å². The smallest absolute Gasteiger partial charge is 0.221 e. The van der Waals surface area contributed by atoms with Crippen LogP contribution >= 0.6 is 11.6 Å². The first-order valence-electron chi connectivity index (χ1n) is 4.91. The van der Waals surface area contributed by atoms with E-state index in [2.05, 4.69) is 15.3 Å². The van der Waals surface area contributed by atoms with Crippen LogP contribution in [0.1, 0.15) is 5.56 Å². The average molecular weight is 253 g/mol. The molecule has 2 rings (SSSR count). The number of hydrogen-bond donors (Lipinski definition) is 2. The first kappa shape index (κ1) is 11.6. The van der Waals surface area contributed by atoms with Crippen molar-refractivity contribution in [1.82, 2.24) is 9.97 Å². The summed E-state index contributed by atoms with van der Waals surface area (Å²) in [6.07, 6.45) is 1.56. The highest BCUT2D eigenvalue weighted by Gasteiger charge is 2.01. The molecule has 0 saturated heterocycles. The van der Waals surface area contributed by atoms with Gasteiger partial charge in [0.15, 0.2) is 0 Å². The second-order valence-corrected chi connectivity index (χ2v) is 3.81. The number of anilines is 2. The van der Waals surface area contributed by atoms with Crippen LogP contribution in [0.5, 0.6) is 0 Å². The largest absolute Gasteiger partial charge is 0.368 e. The van der Waals surface area contributed by atoms with Gasteiger partial charge in [0.05, 0.1) is 5.02 Å². The minimum atomic E-state index is -0.429. The minimum Gasteiger partial charge on any atom is -0.368 e. The SMILES string of the molecule is Nc1nccc(NCc2ccc(F)c(Cl)c2)n1. The molecule has 0 radical (unpaired) electrons. The molecule has 0 aliphatic rings. The molecule has 0 unspecified atom stereocenters. The van der Waals surface area contributed by atoms with Gasteiger partial charge in [-0.05, 0) is 23.8 Å². The van der Waals surface area contributed by atoms with E-state index in [4.69, 9.17) is 17.3 Å². The molecule has 6 heteroatoms. The van der Waals surface area contributed by atoms with E-state index in [1.807, 2.05) is 0 Å². The van der Waals surface area contributed by atoms with E-state index in [9.17, 15) is 4.39 Å². The number of aromatic nitrogens is 2. The Labute approximate surface area is 103 Å². The third kappa shape index (κ3) is 3.04. The lowest BCUT2D eigenvalue weighted by atomic mass is 10.2. The molecule has 1 heterocycles. The van der Waals surface area contributed by atoms with Crippen molar-refractivity contribution >= 4 is 23.4 Å². The van der Waals surface area contributed by atoms with Gasteiger partial charge < -0.3 is 11.1 Å². The quantitative estimate of drug-likeness (QED) is 0.881. The highest BCUT2D eigenvalue weighted by Crippen LogP contribution is 2.16. The van der Waals surface area contributed by atoms with Crippen LogP contribution in [0.25, 0.3) is 0 Å². The molecule has 0 amide bonds. The molecule has 0 atom stereocenters. The van der Waals surface area contributed by atoms with Gasteiger partial charge in [-0.3, -0.25) is 0 Å². The summed E-state index contributed by atoms with van der Waals surface area (Å²) < 4.78 is 12.9. The maximum Gasteiger partial charge on any atom is 0.221 e. The summed E-state index contributed by atoms with van der Waals surface area (Å²) in [5, 5.41) is 3.14. The van der Waals surface area contributed by atoms with Gasteiger partial charge in [0.1, 0.15) is 11.6 Å². The summed E-state index contributed by atoms with van der Waals surface area (Å²) >= 11 is 5.67. The molecule has 2 aromatic rings. The summed E-state index contributed by atoms with van der Waals surface area (Å²) in [6.45, 7) is 0.483. The molecule has 0 aliphatic heterocycles. The van der Waals surface area contributed by atoms with Gasteiger partial charge in [-0.25, -0.2) is 9.37 Å². The van der Waals surface area contributed by atoms with Crippen LogP contribution in [0.2, 0.25) is 5.02 Å². The van der Waals surface area contributed by atoms with Crippen LogP contribution in [0.3, 0.4) is 0 Å². The zero-order valence-corrected chi connectivity index (χ0v) is 9.58. The molecule has 0 bridgehead atoms. The van der Waals surface area contributed by atoms with Gasteiger partial charge in [-0.2, -0.15) is 4.98 Å². The normalized spacial score (nSPS) is 10.2. The number of nitrogens with one attached hydrogen (secondary N) is 1. The Bertz CT molecular complexity index is 533. The van der Waals surface area contributed by atoms with Crippen molar-refractivity contribution in [3.8, 4) is 0 Å². The summed E-state index contributed by atoms with van der Waals surface area (Å²) in [5.41, 5.74) is 6.29. The Morgan fingerprint density at radius 3 is 2.88 bits per heavy atom. The van der Waals surface area contributed by atoms with E-state index in [0.29, 0.717) is 12.4 Å². The Morgan fingerprint density at radius 1 is 1.35 bits per heavy atom. The Kier molecular flexibility index (Phi) is 3.39. The van der Waals surface area contributed by atoms with Crippen LogP contribution < -0.4 is 11.1 Å². The second-order valence-electron chi connectivity index (χ2n) is 3.40. The molecule has 3 N–H and O–H groups in total. The molecule has 4 nitrogen and oxygen atoms in total. The predicted molar refractivity (Wildman–Crippen MR) is 65.2 cm³/mol. The van der Waals surface area contributed by atoms with Gasteiger partial charge in [0.2, 0.25) is 5.95 Å². The summed E-state index contributed by atoms with van der Waals surface area (Å²) in [6, 6.07) is 6.24.